The highest BCUT2D eigenvalue weighted by atomic mass is 19.4. The van der Waals surface area contributed by atoms with Crippen LogP contribution < -0.4 is 11.5 Å². The van der Waals surface area contributed by atoms with E-state index in [1.807, 2.05) is 0 Å². The van der Waals surface area contributed by atoms with Gasteiger partial charge in [0.2, 0.25) is 0 Å². The van der Waals surface area contributed by atoms with Gasteiger partial charge in [0.05, 0.1) is 0 Å². The van der Waals surface area contributed by atoms with Crippen LogP contribution in [0.5, 0.6) is 0 Å². The summed E-state index contributed by atoms with van der Waals surface area (Å²) in [6, 6.07) is 0. The zero-order chi connectivity index (χ0) is 9.78. The summed E-state index contributed by atoms with van der Waals surface area (Å²) in [5.41, 5.74) is 9.90. The summed E-state index contributed by atoms with van der Waals surface area (Å²) in [5, 5.41) is 0. The Bertz CT molecular complexity index is 155. The zero-order valence-electron chi connectivity index (χ0n) is 6.10. The van der Waals surface area contributed by atoms with Crippen LogP contribution in [-0.4, -0.2) is 31.3 Å². The highest BCUT2D eigenvalue weighted by molar-refractivity contribution is 5.75. The van der Waals surface area contributed by atoms with E-state index in [9.17, 15) is 18.0 Å². The van der Waals surface area contributed by atoms with Crippen molar-refractivity contribution in [2.24, 2.45) is 11.5 Å². The fourth-order valence-corrected chi connectivity index (χ4v) is 0.411. The van der Waals surface area contributed by atoms with Gasteiger partial charge in [0.25, 0.3) is 0 Å². The van der Waals surface area contributed by atoms with Gasteiger partial charge in [-0.25, -0.2) is 4.79 Å². The molecule has 0 aromatic heterocycles. The Labute approximate surface area is 66.7 Å². The first-order valence-electron chi connectivity index (χ1n) is 3.09. The third kappa shape index (κ3) is 3.54. The highest BCUT2D eigenvalue weighted by Crippen LogP contribution is 2.17. The summed E-state index contributed by atoms with van der Waals surface area (Å²) in [7, 11) is 0. The van der Waals surface area contributed by atoms with Crippen LogP contribution in [0, 0.1) is 0 Å². The molecular formula is C5H9F3N2O2. The van der Waals surface area contributed by atoms with Crippen molar-refractivity contribution in [1.29, 1.82) is 0 Å². The smallest absolute Gasteiger partial charge is 0.453 e. The van der Waals surface area contributed by atoms with Crippen LogP contribution in [0.3, 0.4) is 0 Å². The molecule has 4 N–H and O–H groups in total. The minimum absolute atomic E-state index is 0.224. The van der Waals surface area contributed by atoms with Gasteiger partial charge in [0, 0.05) is 13.1 Å². The van der Waals surface area contributed by atoms with Crippen LogP contribution >= 0.6 is 0 Å². The van der Waals surface area contributed by atoms with E-state index in [1.165, 1.54) is 0 Å². The first-order valence-corrected chi connectivity index (χ1v) is 3.09. The van der Waals surface area contributed by atoms with Crippen LogP contribution in [0.15, 0.2) is 0 Å². The van der Waals surface area contributed by atoms with E-state index in [4.69, 9.17) is 11.5 Å². The lowest BCUT2D eigenvalue weighted by atomic mass is 10.3. The molecule has 0 bridgehead atoms. The molecule has 0 radical (unpaired) electrons. The molecule has 0 aliphatic carbocycles. The second kappa shape index (κ2) is 4.27. The molecule has 0 atom stereocenters. The molecule has 7 heteroatoms. The lowest BCUT2D eigenvalue weighted by molar-refractivity contribution is -0.204. The Morgan fingerprint density at radius 1 is 1.33 bits per heavy atom. The summed E-state index contributed by atoms with van der Waals surface area (Å²) >= 11 is 0. The molecule has 72 valence electrons. The van der Waals surface area contributed by atoms with Gasteiger partial charge in [-0.05, 0) is 0 Å². The van der Waals surface area contributed by atoms with Gasteiger partial charge in [-0.1, -0.05) is 0 Å². The maximum absolute atomic E-state index is 11.5. The molecule has 0 aromatic carbocycles. The number of carbonyl (C=O) groups is 1. The Kier molecular flexibility index (Phi) is 3.98. The van der Waals surface area contributed by atoms with Crippen molar-refractivity contribution in [1.82, 2.24) is 0 Å². The molecule has 0 fully saturated rings. The largest absolute Gasteiger partial charge is 0.490 e. The maximum atomic E-state index is 11.5. The van der Waals surface area contributed by atoms with Gasteiger partial charge in [0.1, 0.15) is 6.10 Å². The molecule has 0 aliphatic rings. The van der Waals surface area contributed by atoms with Crippen molar-refractivity contribution in [3.05, 3.63) is 0 Å². The van der Waals surface area contributed by atoms with Crippen molar-refractivity contribution >= 4 is 5.97 Å². The average molecular weight is 186 g/mol. The molecule has 12 heavy (non-hydrogen) atoms. The number of halogens is 3. The number of carbonyl (C=O) groups excluding carboxylic acids is 1. The molecule has 0 spiro atoms. The van der Waals surface area contributed by atoms with Crippen molar-refractivity contribution in [2.75, 3.05) is 13.1 Å². The molecular weight excluding hydrogens is 177 g/mol. The van der Waals surface area contributed by atoms with E-state index in [2.05, 4.69) is 4.74 Å². The molecule has 0 heterocycles. The molecule has 0 amide bonds. The zero-order valence-corrected chi connectivity index (χ0v) is 6.10. The lowest BCUT2D eigenvalue weighted by Crippen LogP contribution is -2.38. The average Bonchev–Trinajstić information content (AvgIpc) is 1.97. The minimum atomic E-state index is -4.98. The SMILES string of the molecule is NCC(CN)OC(=O)C(F)(F)F. The summed E-state index contributed by atoms with van der Waals surface area (Å²) in [5.74, 6) is -2.26. The summed E-state index contributed by atoms with van der Waals surface area (Å²) < 4.78 is 38.5. The molecule has 0 unspecified atom stereocenters. The maximum Gasteiger partial charge on any atom is 0.490 e. The van der Waals surface area contributed by atoms with E-state index >= 15 is 0 Å². The Morgan fingerprint density at radius 2 is 1.75 bits per heavy atom. The minimum Gasteiger partial charge on any atom is -0.453 e. The van der Waals surface area contributed by atoms with Gasteiger partial charge < -0.3 is 16.2 Å². The van der Waals surface area contributed by atoms with E-state index < -0.39 is 18.2 Å². The molecule has 0 aromatic rings. The first-order chi connectivity index (χ1) is 5.41. The van der Waals surface area contributed by atoms with E-state index in [0.717, 1.165) is 0 Å². The van der Waals surface area contributed by atoms with Crippen molar-refractivity contribution in [3.63, 3.8) is 0 Å². The van der Waals surface area contributed by atoms with E-state index in [-0.39, 0.29) is 13.1 Å². The van der Waals surface area contributed by atoms with Crippen LogP contribution in [0.25, 0.3) is 0 Å². The molecule has 0 aliphatic heterocycles. The Morgan fingerprint density at radius 3 is 2.00 bits per heavy atom. The van der Waals surface area contributed by atoms with Gasteiger partial charge in [-0.3, -0.25) is 0 Å². The highest BCUT2D eigenvalue weighted by Gasteiger charge is 2.41. The standard InChI is InChI=1S/C5H9F3N2O2/c6-5(7,8)4(11)12-3(1-9)2-10/h3H,1-2,9-10H2. The normalized spacial score (nSPS) is 11.8. The third-order valence-electron chi connectivity index (χ3n) is 1.03. The quantitative estimate of drug-likeness (QED) is 0.575. The van der Waals surface area contributed by atoms with E-state index in [1.54, 1.807) is 0 Å². The number of hydrogen-bond acceptors (Lipinski definition) is 4. The molecule has 0 saturated carbocycles. The van der Waals surface area contributed by atoms with E-state index in [0.29, 0.717) is 0 Å². The van der Waals surface area contributed by atoms with Crippen LogP contribution in [-0.2, 0) is 9.53 Å². The predicted octanol–water partition coefficient (Wildman–Crippen LogP) is -0.622. The number of esters is 1. The number of alkyl halides is 3. The summed E-state index contributed by atoms with van der Waals surface area (Å²) in [6.07, 6.45) is -6.05. The molecule has 0 rings (SSSR count). The van der Waals surface area contributed by atoms with Gasteiger partial charge in [0.15, 0.2) is 0 Å². The van der Waals surface area contributed by atoms with Gasteiger partial charge >= 0.3 is 12.1 Å². The Hall–Kier alpha value is -0.820. The fraction of sp³-hybridized carbons (Fsp3) is 0.800. The predicted molar refractivity (Wildman–Crippen MR) is 34.0 cm³/mol. The monoisotopic (exact) mass is 186 g/mol. The number of hydrogen-bond donors (Lipinski definition) is 2. The number of nitrogens with two attached hydrogens (primary N) is 2. The summed E-state index contributed by atoms with van der Waals surface area (Å²) in [4.78, 5) is 10.1. The molecule has 0 saturated heterocycles. The van der Waals surface area contributed by atoms with Crippen molar-refractivity contribution in [3.8, 4) is 0 Å². The topological polar surface area (TPSA) is 78.3 Å². The number of rotatable bonds is 3. The molecule has 4 nitrogen and oxygen atoms in total. The van der Waals surface area contributed by atoms with Crippen molar-refractivity contribution in [2.45, 2.75) is 12.3 Å². The second-order valence-electron chi connectivity index (χ2n) is 2.00. The third-order valence-corrected chi connectivity index (χ3v) is 1.03. The Balaban J connectivity index is 3.99. The van der Waals surface area contributed by atoms with Crippen LogP contribution in [0.1, 0.15) is 0 Å². The van der Waals surface area contributed by atoms with Crippen molar-refractivity contribution < 1.29 is 22.7 Å². The second-order valence-corrected chi connectivity index (χ2v) is 2.00. The first kappa shape index (κ1) is 11.2. The summed E-state index contributed by atoms with van der Waals surface area (Å²) in [6.45, 7) is -0.448. The fourth-order valence-electron chi connectivity index (χ4n) is 0.411. The van der Waals surface area contributed by atoms with Crippen LogP contribution in [0.2, 0.25) is 0 Å². The number of ether oxygens (including phenoxy) is 1. The van der Waals surface area contributed by atoms with Gasteiger partial charge in [-0.2, -0.15) is 13.2 Å². The lowest BCUT2D eigenvalue weighted by Gasteiger charge is -2.14. The van der Waals surface area contributed by atoms with Gasteiger partial charge in [-0.15, -0.1) is 0 Å². The van der Waals surface area contributed by atoms with Crippen LogP contribution in [0.4, 0.5) is 13.2 Å².